The van der Waals surface area contributed by atoms with Crippen LogP contribution >= 0.6 is 0 Å². The molecule has 138 valence electrons. The molecule has 0 spiro atoms. The lowest BCUT2D eigenvalue weighted by Gasteiger charge is -2.07. The molecule has 0 bridgehead atoms. The molecule has 0 amide bonds. The predicted molar refractivity (Wildman–Crippen MR) is 98.5 cm³/mol. The number of fused-ring (bicyclic) bond motifs is 1. The zero-order valence-corrected chi connectivity index (χ0v) is 14.8. The fourth-order valence-electron chi connectivity index (χ4n) is 2.39. The minimum atomic E-state index is -0.630. The molecule has 0 N–H and O–H groups in total. The Kier molecular flexibility index (Phi) is 5.46. The normalized spacial score (nSPS) is 10.9. The van der Waals surface area contributed by atoms with Gasteiger partial charge in [0, 0.05) is 17.7 Å². The van der Waals surface area contributed by atoms with E-state index < -0.39 is 5.97 Å². The molecule has 3 rings (SSSR count). The number of esters is 1. The Morgan fingerprint density at radius 1 is 1.15 bits per heavy atom. The summed E-state index contributed by atoms with van der Waals surface area (Å²) in [5.74, 6) is 0.561. The molecule has 0 aliphatic rings. The average molecular weight is 367 g/mol. The van der Waals surface area contributed by atoms with E-state index in [1.54, 1.807) is 55.7 Å². The maximum Gasteiger partial charge on any atom is 0.332 e. The molecule has 8 nitrogen and oxygen atoms in total. The SMILES string of the molecule is COc1ccc(C=CC(=O)OCn2nnc3ccccc3c2=O)c(OC)c1. The maximum absolute atomic E-state index is 12.3. The molecule has 0 fully saturated rings. The van der Waals surface area contributed by atoms with Gasteiger partial charge in [0.1, 0.15) is 17.0 Å². The Morgan fingerprint density at radius 2 is 1.96 bits per heavy atom. The lowest BCUT2D eigenvalue weighted by atomic mass is 10.2. The van der Waals surface area contributed by atoms with Crippen LogP contribution in [0, 0.1) is 0 Å². The summed E-state index contributed by atoms with van der Waals surface area (Å²) in [5.41, 5.74) is 0.781. The van der Waals surface area contributed by atoms with Crippen molar-refractivity contribution in [2.45, 2.75) is 6.73 Å². The van der Waals surface area contributed by atoms with Crippen molar-refractivity contribution < 1.29 is 19.0 Å². The molecule has 0 aliphatic carbocycles. The van der Waals surface area contributed by atoms with Crippen LogP contribution in [0.1, 0.15) is 5.56 Å². The van der Waals surface area contributed by atoms with Crippen LogP contribution in [-0.2, 0) is 16.3 Å². The predicted octanol–water partition coefficient (Wildman–Crippen LogP) is 2.02. The summed E-state index contributed by atoms with van der Waals surface area (Å²) in [4.78, 5) is 24.2. The third-order valence-electron chi connectivity index (χ3n) is 3.80. The van der Waals surface area contributed by atoms with Crippen molar-refractivity contribution in [1.82, 2.24) is 15.0 Å². The molecule has 0 saturated carbocycles. The number of nitrogens with zero attached hydrogens (tertiary/aromatic N) is 3. The Morgan fingerprint density at radius 3 is 2.74 bits per heavy atom. The second-order valence-corrected chi connectivity index (χ2v) is 5.44. The number of aromatic nitrogens is 3. The Balaban J connectivity index is 1.69. The number of hydrogen-bond acceptors (Lipinski definition) is 7. The molecule has 0 radical (unpaired) electrons. The molecular formula is C19H17N3O5. The average Bonchev–Trinajstić information content (AvgIpc) is 2.71. The number of benzene rings is 2. The summed E-state index contributed by atoms with van der Waals surface area (Å²) in [6, 6.07) is 12.0. The first-order valence-corrected chi connectivity index (χ1v) is 8.02. The summed E-state index contributed by atoms with van der Waals surface area (Å²) < 4.78 is 16.4. The van der Waals surface area contributed by atoms with Gasteiger partial charge in [-0.1, -0.05) is 17.3 Å². The van der Waals surface area contributed by atoms with Gasteiger partial charge >= 0.3 is 5.97 Å². The van der Waals surface area contributed by atoms with Gasteiger partial charge in [-0.15, -0.1) is 5.10 Å². The number of methoxy groups -OCH3 is 2. The molecule has 0 aliphatic heterocycles. The molecule has 8 heteroatoms. The van der Waals surface area contributed by atoms with E-state index in [1.165, 1.54) is 13.2 Å². The first kappa shape index (κ1) is 18.1. The third-order valence-corrected chi connectivity index (χ3v) is 3.80. The molecular weight excluding hydrogens is 350 g/mol. The van der Waals surface area contributed by atoms with Crippen LogP contribution in [0.2, 0.25) is 0 Å². The van der Waals surface area contributed by atoms with Crippen LogP contribution < -0.4 is 15.0 Å². The van der Waals surface area contributed by atoms with E-state index in [2.05, 4.69) is 10.3 Å². The third kappa shape index (κ3) is 4.12. The van der Waals surface area contributed by atoms with Crippen LogP contribution in [0.5, 0.6) is 11.5 Å². The second-order valence-electron chi connectivity index (χ2n) is 5.44. The van der Waals surface area contributed by atoms with Crippen LogP contribution in [-0.4, -0.2) is 35.2 Å². The molecule has 1 heterocycles. The van der Waals surface area contributed by atoms with Gasteiger partial charge in [0.2, 0.25) is 0 Å². The largest absolute Gasteiger partial charge is 0.497 e. The molecule has 3 aromatic rings. The number of hydrogen-bond donors (Lipinski definition) is 0. The van der Waals surface area contributed by atoms with Crippen molar-refractivity contribution in [3.05, 3.63) is 64.5 Å². The van der Waals surface area contributed by atoms with Gasteiger partial charge < -0.3 is 14.2 Å². The highest BCUT2D eigenvalue weighted by molar-refractivity contribution is 5.87. The molecule has 0 saturated heterocycles. The van der Waals surface area contributed by atoms with Crippen molar-refractivity contribution in [2.24, 2.45) is 0 Å². The van der Waals surface area contributed by atoms with Gasteiger partial charge in [-0.3, -0.25) is 4.79 Å². The zero-order valence-electron chi connectivity index (χ0n) is 14.8. The van der Waals surface area contributed by atoms with E-state index >= 15 is 0 Å². The van der Waals surface area contributed by atoms with Gasteiger partial charge in [0.05, 0.1) is 19.6 Å². The maximum atomic E-state index is 12.3. The highest BCUT2D eigenvalue weighted by Crippen LogP contribution is 2.25. The van der Waals surface area contributed by atoms with Crippen molar-refractivity contribution in [3.8, 4) is 11.5 Å². The monoisotopic (exact) mass is 367 g/mol. The van der Waals surface area contributed by atoms with Crippen molar-refractivity contribution in [2.75, 3.05) is 14.2 Å². The molecule has 27 heavy (non-hydrogen) atoms. The quantitative estimate of drug-likeness (QED) is 0.486. The van der Waals surface area contributed by atoms with Crippen molar-refractivity contribution in [3.63, 3.8) is 0 Å². The van der Waals surface area contributed by atoms with Crippen molar-refractivity contribution >= 4 is 22.9 Å². The zero-order chi connectivity index (χ0) is 19.2. The highest BCUT2D eigenvalue weighted by Gasteiger charge is 2.07. The standard InChI is InChI=1S/C19H17N3O5/c1-25-14-9-7-13(17(11-14)26-2)8-10-18(23)27-12-22-19(24)15-5-3-4-6-16(15)20-21-22/h3-11H,12H2,1-2H3. The van der Waals surface area contributed by atoms with Gasteiger partial charge in [0.25, 0.3) is 5.56 Å². The topological polar surface area (TPSA) is 92.5 Å². The minimum Gasteiger partial charge on any atom is -0.497 e. The van der Waals surface area contributed by atoms with Crippen molar-refractivity contribution in [1.29, 1.82) is 0 Å². The summed E-state index contributed by atoms with van der Waals surface area (Å²) in [5, 5.41) is 8.09. The molecule has 0 unspecified atom stereocenters. The molecule has 0 atom stereocenters. The van der Waals surface area contributed by atoms with Gasteiger partial charge in [-0.2, -0.15) is 4.68 Å². The van der Waals surface area contributed by atoms with E-state index in [0.717, 1.165) is 4.68 Å². The number of ether oxygens (including phenoxy) is 3. The summed E-state index contributed by atoms with van der Waals surface area (Å²) in [6.07, 6.45) is 2.79. The van der Waals surface area contributed by atoms with Crippen LogP contribution in [0.25, 0.3) is 17.0 Å². The van der Waals surface area contributed by atoms with Crippen LogP contribution in [0.3, 0.4) is 0 Å². The van der Waals surface area contributed by atoms with E-state index in [1.807, 2.05) is 0 Å². The fourth-order valence-corrected chi connectivity index (χ4v) is 2.39. The van der Waals surface area contributed by atoms with E-state index in [-0.39, 0.29) is 12.3 Å². The van der Waals surface area contributed by atoms with Crippen LogP contribution in [0.4, 0.5) is 0 Å². The highest BCUT2D eigenvalue weighted by atomic mass is 16.5. The van der Waals surface area contributed by atoms with Crippen LogP contribution in [0.15, 0.2) is 53.3 Å². The van der Waals surface area contributed by atoms with E-state index in [4.69, 9.17) is 14.2 Å². The lowest BCUT2D eigenvalue weighted by Crippen LogP contribution is -2.26. The Bertz CT molecular complexity index is 1060. The molecule has 1 aromatic heterocycles. The Hall–Kier alpha value is -3.68. The summed E-state index contributed by atoms with van der Waals surface area (Å²) in [7, 11) is 3.08. The molecule has 2 aromatic carbocycles. The Labute approximate surface area is 154 Å². The first-order chi connectivity index (χ1) is 13.1. The lowest BCUT2D eigenvalue weighted by molar-refractivity contribution is -0.141. The van der Waals surface area contributed by atoms with Gasteiger partial charge in [-0.05, 0) is 30.3 Å². The van der Waals surface area contributed by atoms with E-state index in [0.29, 0.717) is 28.0 Å². The van der Waals surface area contributed by atoms with Gasteiger partial charge in [-0.25, -0.2) is 4.79 Å². The number of carbonyl (C=O) groups is 1. The summed E-state index contributed by atoms with van der Waals surface area (Å²) in [6.45, 7) is -0.334. The smallest absolute Gasteiger partial charge is 0.332 e. The fraction of sp³-hybridized carbons (Fsp3) is 0.158. The number of carbonyl (C=O) groups excluding carboxylic acids is 1. The first-order valence-electron chi connectivity index (χ1n) is 8.02. The number of rotatable bonds is 6. The minimum absolute atomic E-state index is 0.334. The summed E-state index contributed by atoms with van der Waals surface area (Å²) >= 11 is 0. The second kappa shape index (κ2) is 8.13. The van der Waals surface area contributed by atoms with E-state index in [9.17, 15) is 9.59 Å². The van der Waals surface area contributed by atoms with Gasteiger partial charge in [0.15, 0.2) is 6.73 Å².